The van der Waals surface area contributed by atoms with Gasteiger partial charge in [-0.05, 0) is 83.9 Å². The van der Waals surface area contributed by atoms with E-state index < -0.39 is 112 Å². The summed E-state index contributed by atoms with van der Waals surface area (Å²) >= 11 is 0. The number of aldehydes is 1. The Morgan fingerprint density at radius 2 is 1.56 bits per heavy atom. The molecule has 2 N–H and O–H groups in total. The number of aliphatic hydroxyl groups excluding tert-OH is 1. The summed E-state index contributed by atoms with van der Waals surface area (Å²) < 4.78 is 56.4. The molecule has 15 atom stereocenters. The first-order chi connectivity index (χ1) is 30.2. The highest BCUT2D eigenvalue weighted by atomic mass is 28.4. The number of methoxy groups -OCH3 is 1. The maximum absolute atomic E-state index is 13.5. The van der Waals surface area contributed by atoms with Crippen LogP contribution in [0.15, 0.2) is 36.0 Å². The molecule has 0 saturated carbocycles. The second-order valence-corrected chi connectivity index (χ2v) is 22.7. The van der Waals surface area contributed by atoms with Gasteiger partial charge in [-0.3, -0.25) is 19.2 Å². The summed E-state index contributed by atoms with van der Waals surface area (Å²) in [6.45, 7) is 18.6. The fourth-order valence-corrected chi connectivity index (χ4v) is 11.8. The van der Waals surface area contributed by atoms with Crippen LogP contribution in [0.1, 0.15) is 108 Å². The standard InChI is InChI=1S/C47H79NO15Si/c1-14-36(50)59-35-27-38(52)56-30(7)22-20-19-21-23-34(63-64(16-3,17-4)18-5)29(6)26-33(24-25-49)43(44(35)55-13)62-46-41(53)40(48(11)12)42(31(8)58-46)61-39-28-47(10,54)45(32(9)57-39)60-37(51)15-2/h19-21,23-25,29-32,34-35,39-46,53-54H,14-18,22,26-28H2,1-13H3/b20-19+,23-21+,33-24+/t29-,30-,31?,32?,34+,35-,39?,40?,41?,42?,43+,44+,45?,46?,47?/m1/s1. The highest BCUT2D eigenvalue weighted by molar-refractivity contribution is 6.73. The quantitative estimate of drug-likeness (QED) is 0.0627. The van der Waals surface area contributed by atoms with Crippen LogP contribution in [0.25, 0.3) is 0 Å². The van der Waals surface area contributed by atoms with E-state index in [1.165, 1.54) is 13.2 Å². The van der Waals surface area contributed by atoms with Crippen LogP contribution in [0.5, 0.6) is 0 Å². The van der Waals surface area contributed by atoms with Gasteiger partial charge in [-0.15, -0.1) is 0 Å². The van der Waals surface area contributed by atoms with Crippen LogP contribution in [-0.4, -0.2) is 154 Å². The first kappa shape index (κ1) is 55.5. The maximum atomic E-state index is 13.5. The zero-order valence-electron chi connectivity index (χ0n) is 40.6. The minimum absolute atomic E-state index is 0.00335. The Bertz CT molecular complexity index is 1570. The number of carbonyl (C=O) groups excluding carboxylic acids is 4. The third kappa shape index (κ3) is 15.1. The molecule has 3 heterocycles. The summed E-state index contributed by atoms with van der Waals surface area (Å²) in [4.78, 5) is 53.2. The number of allylic oxidation sites excluding steroid dienone is 3. The topological polar surface area (TPSA) is 195 Å². The Kier molecular flexibility index (Phi) is 22.5. The van der Waals surface area contributed by atoms with Gasteiger partial charge in [0.2, 0.25) is 0 Å². The first-order valence-electron chi connectivity index (χ1n) is 23.2. The van der Waals surface area contributed by atoms with Gasteiger partial charge in [-0.2, -0.15) is 0 Å². The van der Waals surface area contributed by atoms with E-state index in [9.17, 15) is 29.4 Å². The van der Waals surface area contributed by atoms with Crippen molar-refractivity contribution in [2.24, 2.45) is 5.92 Å². The van der Waals surface area contributed by atoms with Crippen molar-refractivity contribution in [3.05, 3.63) is 36.0 Å². The Morgan fingerprint density at radius 3 is 2.12 bits per heavy atom. The van der Waals surface area contributed by atoms with E-state index in [1.54, 1.807) is 60.5 Å². The van der Waals surface area contributed by atoms with Crippen molar-refractivity contribution >= 4 is 32.5 Å². The zero-order valence-corrected chi connectivity index (χ0v) is 41.6. The van der Waals surface area contributed by atoms with E-state index in [0.29, 0.717) is 18.3 Å². The summed E-state index contributed by atoms with van der Waals surface area (Å²) in [7, 11) is 2.77. The number of hydrogen-bond donors (Lipinski definition) is 2. The molecule has 2 fully saturated rings. The molecule has 64 heavy (non-hydrogen) atoms. The number of ether oxygens (including phenoxy) is 8. The molecule has 366 valence electrons. The van der Waals surface area contributed by atoms with Crippen molar-refractivity contribution in [1.29, 1.82) is 0 Å². The van der Waals surface area contributed by atoms with Gasteiger partial charge in [0.25, 0.3) is 0 Å². The van der Waals surface area contributed by atoms with Crippen molar-refractivity contribution in [2.75, 3.05) is 21.2 Å². The maximum Gasteiger partial charge on any atom is 0.309 e. The van der Waals surface area contributed by atoms with Gasteiger partial charge in [0.1, 0.15) is 48.5 Å². The third-order valence-corrected chi connectivity index (χ3v) is 17.4. The molecule has 9 unspecified atom stereocenters. The number of carbonyl (C=O) groups is 4. The lowest BCUT2D eigenvalue weighted by molar-refractivity contribution is -0.340. The van der Waals surface area contributed by atoms with E-state index >= 15 is 0 Å². The molecule has 0 aromatic heterocycles. The lowest BCUT2D eigenvalue weighted by atomic mass is 9.88. The normalized spacial score (nSPS) is 37.7. The lowest BCUT2D eigenvalue weighted by Crippen LogP contribution is -2.65. The van der Waals surface area contributed by atoms with Crippen molar-refractivity contribution in [3.8, 4) is 0 Å². The number of nitrogens with zero attached hydrogens (tertiary/aromatic N) is 1. The van der Waals surface area contributed by atoms with Gasteiger partial charge in [-0.25, -0.2) is 0 Å². The molecular formula is C47H79NO15Si. The molecule has 0 amide bonds. The van der Waals surface area contributed by atoms with E-state index in [0.717, 1.165) is 18.1 Å². The number of hydrogen-bond acceptors (Lipinski definition) is 16. The molecule has 3 aliphatic heterocycles. The first-order valence-corrected chi connectivity index (χ1v) is 25.7. The summed E-state index contributed by atoms with van der Waals surface area (Å²) in [6, 6.07) is 1.97. The Balaban J connectivity index is 2.13. The van der Waals surface area contributed by atoms with Crippen LogP contribution in [0.4, 0.5) is 0 Å². The fraction of sp³-hybridized carbons (Fsp3) is 0.787. The molecule has 0 aliphatic carbocycles. The van der Waals surface area contributed by atoms with E-state index in [1.807, 2.05) is 31.2 Å². The van der Waals surface area contributed by atoms with Crippen molar-refractivity contribution < 1.29 is 71.7 Å². The van der Waals surface area contributed by atoms with Gasteiger partial charge in [0.15, 0.2) is 27.0 Å². The van der Waals surface area contributed by atoms with Gasteiger partial charge in [-0.1, -0.05) is 65.8 Å². The summed E-state index contributed by atoms with van der Waals surface area (Å²) in [5, 5.41) is 23.7. The van der Waals surface area contributed by atoms with Crippen LogP contribution in [0.2, 0.25) is 18.1 Å². The van der Waals surface area contributed by atoms with Gasteiger partial charge >= 0.3 is 17.9 Å². The molecule has 3 rings (SSSR count). The van der Waals surface area contributed by atoms with E-state index in [2.05, 4.69) is 20.8 Å². The number of esters is 3. The molecule has 0 radical (unpaired) electrons. The Labute approximate surface area is 382 Å². The highest BCUT2D eigenvalue weighted by Gasteiger charge is 2.52. The van der Waals surface area contributed by atoms with Crippen LogP contribution in [-0.2, 0) is 61.5 Å². The summed E-state index contributed by atoms with van der Waals surface area (Å²) in [6.07, 6.45) is -1.36. The van der Waals surface area contributed by atoms with Crippen molar-refractivity contribution in [1.82, 2.24) is 4.90 Å². The van der Waals surface area contributed by atoms with Crippen molar-refractivity contribution in [3.63, 3.8) is 0 Å². The third-order valence-electron chi connectivity index (χ3n) is 12.8. The van der Waals surface area contributed by atoms with Crippen LogP contribution < -0.4 is 0 Å². The molecule has 16 nitrogen and oxygen atoms in total. The molecule has 17 heteroatoms. The van der Waals surface area contributed by atoms with E-state index in [4.69, 9.17) is 42.3 Å². The monoisotopic (exact) mass is 926 g/mol. The van der Waals surface area contributed by atoms with Crippen LogP contribution in [0.3, 0.4) is 0 Å². The number of cyclic esters (lactones) is 1. The second kappa shape index (κ2) is 25.9. The Hall–Kier alpha value is -2.84. The number of likely N-dealkylation sites (N-methyl/N-ethyl adjacent to an activating group) is 1. The largest absolute Gasteiger partial charge is 0.462 e. The van der Waals surface area contributed by atoms with E-state index in [-0.39, 0.29) is 37.7 Å². The second-order valence-electron chi connectivity index (χ2n) is 17.9. The lowest BCUT2D eigenvalue weighted by Gasteiger charge is -2.50. The smallest absolute Gasteiger partial charge is 0.309 e. The minimum atomic E-state index is -2.16. The van der Waals surface area contributed by atoms with Crippen LogP contribution in [0, 0.1) is 5.92 Å². The fourth-order valence-electron chi connectivity index (χ4n) is 8.89. The number of rotatable bonds is 16. The molecule has 0 spiro atoms. The average Bonchev–Trinajstić information content (AvgIpc) is 3.23. The summed E-state index contributed by atoms with van der Waals surface area (Å²) in [5.74, 6) is -1.93. The Morgan fingerprint density at radius 1 is 0.922 bits per heavy atom. The molecule has 0 aromatic carbocycles. The molecule has 3 aliphatic rings. The van der Waals surface area contributed by atoms with Crippen molar-refractivity contribution in [2.45, 2.75) is 211 Å². The summed E-state index contributed by atoms with van der Waals surface area (Å²) in [5.41, 5.74) is -1.06. The zero-order chi connectivity index (χ0) is 47.9. The SMILES string of the molecule is CCC(=O)OC1C(C)OC(OC2C(C)OC(O[C@H]3/C(=C/C=O)C[C@@H](C)[C@@H](O[Si](CC)(CC)CC)/C=C/C=C/C[C@@H](C)OC(=O)C[C@@H](OC(=O)CC)[C@@H]3OC)C(O)C2N(C)C)CC1(C)O. The minimum Gasteiger partial charge on any atom is -0.462 e. The average molecular weight is 926 g/mol. The van der Waals surface area contributed by atoms with Crippen LogP contribution >= 0.6 is 0 Å². The highest BCUT2D eigenvalue weighted by Crippen LogP contribution is 2.38. The van der Waals surface area contributed by atoms with Gasteiger partial charge in [0, 0.05) is 32.8 Å². The predicted octanol–water partition coefficient (Wildman–Crippen LogP) is 5.72. The molecular weight excluding hydrogens is 847 g/mol. The van der Waals surface area contributed by atoms with Gasteiger partial charge < -0.3 is 57.4 Å². The predicted molar refractivity (Wildman–Crippen MR) is 241 cm³/mol. The molecule has 0 aromatic rings. The van der Waals surface area contributed by atoms with Gasteiger partial charge in [0.05, 0.1) is 30.8 Å². The molecule has 2 saturated heterocycles. The number of aliphatic hydroxyl groups is 2. The molecule has 0 bridgehead atoms.